The molecule has 0 aromatic heterocycles. The number of carboxylic acids is 2. The summed E-state index contributed by atoms with van der Waals surface area (Å²) in [5.41, 5.74) is 0. The van der Waals surface area contributed by atoms with Crippen LogP contribution in [0.2, 0.25) is 0 Å². The Morgan fingerprint density at radius 1 is 1.17 bits per heavy atom. The van der Waals surface area contributed by atoms with Crippen molar-refractivity contribution in [3.63, 3.8) is 0 Å². The van der Waals surface area contributed by atoms with E-state index in [1.165, 1.54) is 0 Å². The summed E-state index contributed by atoms with van der Waals surface area (Å²) in [7, 11) is 0. The van der Waals surface area contributed by atoms with Crippen LogP contribution in [0.3, 0.4) is 0 Å². The average Bonchev–Trinajstić information content (AvgIpc) is 1.60. The van der Waals surface area contributed by atoms with E-state index in [1.807, 2.05) is 0 Å². The number of carbonyl (C=O) groups excluding carboxylic acids is 2. The minimum Gasteiger partial charge on any atom is -0.550 e. The second-order valence-electron chi connectivity index (χ2n) is 1.30. The normalized spacial score (nSPS) is 5.67. The van der Waals surface area contributed by atoms with Gasteiger partial charge in [-0.2, -0.15) is 0 Å². The molecule has 0 aromatic carbocycles. The predicted octanol–water partition coefficient (Wildman–Crippen LogP) is -2.87. The Hall–Kier alpha value is -0.334. The van der Waals surface area contributed by atoms with E-state index in [9.17, 15) is 0 Å². The third kappa shape index (κ3) is 6520. The molecule has 0 amide bonds. The van der Waals surface area contributed by atoms with E-state index in [0.717, 1.165) is 13.8 Å². The van der Waals surface area contributed by atoms with Gasteiger partial charge in [0, 0.05) is 18.5 Å². The molecule has 68 valence electrons. The van der Waals surface area contributed by atoms with E-state index in [-0.39, 0.29) is 29.7 Å². The van der Waals surface area contributed by atoms with Crippen LogP contribution in [-0.2, 0) is 9.59 Å². The van der Waals surface area contributed by atoms with E-state index in [2.05, 4.69) is 0 Å². The maximum absolute atomic E-state index is 8.89. The molecular weight excluding hydrogens is 176 g/mol. The number of hydrogen-bond donors (Lipinski definition) is 1. The van der Waals surface area contributed by atoms with Crippen LogP contribution < -0.4 is 10.2 Å². The van der Waals surface area contributed by atoms with Crippen molar-refractivity contribution in [2.45, 2.75) is 20.8 Å². The Morgan fingerprint density at radius 3 is 1.17 bits per heavy atom. The smallest absolute Gasteiger partial charge is 0.550 e. The predicted molar refractivity (Wildman–Crippen MR) is 39.9 cm³/mol. The number of aliphatic hydroxyl groups excluding tert-OH is 1. The van der Waals surface area contributed by atoms with E-state index >= 15 is 0 Å². The van der Waals surface area contributed by atoms with Gasteiger partial charge < -0.3 is 24.9 Å². The first kappa shape index (κ1) is 22.6. The van der Waals surface area contributed by atoms with E-state index in [4.69, 9.17) is 24.9 Å². The minimum atomic E-state index is -1.08. The molecule has 0 atom stereocenters. The fraction of sp³-hybridized carbons (Fsp3) is 0.667. The van der Waals surface area contributed by atoms with E-state index in [0.29, 0.717) is 0 Å². The van der Waals surface area contributed by atoms with Gasteiger partial charge in [-0.05, 0) is 20.8 Å². The maximum Gasteiger partial charge on any atom is 2.00 e. The molecule has 0 spiro atoms. The molecule has 0 heterocycles. The molecule has 0 rings (SSSR count). The van der Waals surface area contributed by atoms with Crippen LogP contribution in [0.4, 0.5) is 0 Å². The van der Waals surface area contributed by atoms with Crippen LogP contribution in [0.15, 0.2) is 0 Å². The molecule has 1 N–H and O–H groups in total. The van der Waals surface area contributed by atoms with Crippen LogP contribution in [0, 0.1) is 0 Å². The Labute approximate surface area is 87.6 Å². The summed E-state index contributed by atoms with van der Waals surface area (Å²) in [6.07, 6.45) is 0. The molecule has 12 heavy (non-hydrogen) atoms. The Kier molecular flexibility index (Phi) is 42.2. The first-order valence-corrected chi connectivity index (χ1v) is 2.84. The van der Waals surface area contributed by atoms with Crippen LogP contribution in [-0.4, -0.2) is 46.7 Å². The second-order valence-corrected chi connectivity index (χ2v) is 1.30. The molecule has 6 heteroatoms. The molecule has 0 aromatic rings. The number of aliphatic carboxylic acids is 2. The van der Waals surface area contributed by atoms with Crippen molar-refractivity contribution >= 4 is 35.0 Å². The van der Waals surface area contributed by atoms with Crippen molar-refractivity contribution < 1.29 is 24.9 Å². The average molecular weight is 188 g/mol. The van der Waals surface area contributed by atoms with Crippen molar-refractivity contribution in [1.29, 1.82) is 0 Å². The summed E-state index contributed by atoms with van der Waals surface area (Å²) < 4.78 is 0. The van der Waals surface area contributed by atoms with Gasteiger partial charge in [-0.1, -0.05) is 0 Å². The van der Waals surface area contributed by atoms with E-state index in [1.54, 1.807) is 6.92 Å². The molecule has 5 nitrogen and oxygen atoms in total. The van der Waals surface area contributed by atoms with Gasteiger partial charge in [-0.25, -0.2) is 0 Å². The summed E-state index contributed by atoms with van der Waals surface area (Å²) in [6.45, 7) is 3.88. The van der Waals surface area contributed by atoms with Crippen molar-refractivity contribution in [2.24, 2.45) is 0 Å². The second kappa shape index (κ2) is 22.4. The largest absolute Gasteiger partial charge is 2.00 e. The fourth-order valence-corrected chi connectivity index (χ4v) is 0. The first-order chi connectivity index (χ1) is 4.88. The van der Waals surface area contributed by atoms with Crippen LogP contribution >= 0.6 is 0 Å². The zero-order valence-corrected chi connectivity index (χ0v) is 8.91. The molecule has 0 saturated carbocycles. The molecule has 0 unspecified atom stereocenters. The monoisotopic (exact) mass is 188 g/mol. The van der Waals surface area contributed by atoms with Gasteiger partial charge in [0.1, 0.15) is 0 Å². The first-order valence-electron chi connectivity index (χ1n) is 2.84. The fourth-order valence-electron chi connectivity index (χ4n) is 0. The van der Waals surface area contributed by atoms with E-state index < -0.39 is 11.9 Å². The molecule has 0 fully saturated rings. The van der Waals surface area contributed by atoms with Crippen LogP contribution in [0.5, 0.6) is 0 Å². The Balaban J connectivity index is -0.0000000389. The third-order valence-corrected chi connectivity index (χ3v) is 0. The van der Waals surface area contributed by atoms with Gasteiger partial charge in [0.15, 0.2) is 0 Å². The number of carbonyl (C=O) groups is 2. The molecule has 0 radical (unpaired) electrons. The zero-order chi connectivity index (χ0) is 9.86. The summed E-state index contributed by atoms with van der Waals surface area (Å²) in [5, 5.41) is 25.3. The zero-order valence-electron chi connectivity index (χ0n) is 7.49. The summed E-state index contributed by atoms with van der Waals surface area (Å²) in [5.74, 6) is -2.17. The summed E-state index contributed by atoms with van der Waals surface area (Å²) in [6, 6.07) is 0. The minimum absolute atomic E-state index is 0. The van der Waals surface area contributed by atoms with Crippen LogP contribution in [0.1, 0.15) is 20.8 Å². The number of hydrogen-bond acceptors (Lipinski definition) is 5. The van der Waals surface area contributed by atoms with Gasteiger partial charge in [-0.15, -0.1) is 0 Å². The van der Waals surface area contributed by atoms with Crippen molar-refractivity contribution in [1.82, 2.24) is 0 Å². The van der Waals surface area contributed by atoms with Gasteiger partial charge in [-0.3, -0.25) is 0 Å². The van der Waals surface area contributed by atoms with Crippen molar-refractivity contribution in [3.05, 3.63) is 0 Å². The summed E-state index contributed by atoms with van der Waals surface area (Å²) in [4.78, 5) is 17.8. The summed E-state index contributed by atoms with van der Waals surface area (Å²) >= 11 is 0. The number of rotatable bonds is 0. The molecule has 0 aliphatic carbocycles. The molecular formula is C6H12MgO5. The van der Waals surface area contributed by atoms with Gasteiger partial charge in [0.05, 0.1) is 0 Å². The topological polar surface area (TPSA) is 100 Å². The molecule has 0 aliphatic heterocycles. The van der Waals surface area contributed by atoms with Crippen molar-refractivity contribution in [2.75, 3.05) is 6.61 Å². The van der Waals surface area contributed by atoms with Crippen molar-refractivity contribution in [3.8, 4) is 0 Å². The van der Waals surface area contributed by atoms with Gasteiger partial charge >= 0.3 is 23.1 Å². The standard InChI is InChI=1S/2C2H4O2.C2H6O.Mg/c2*1-2(3)4;1-2-3;/h2*1H3,(H,3,4);3H,2H2,1H3;/q;;;+2/p-2. The Bertz CT molecular complexity index is 84.1. The SMILES string of the molecule is CC(=O)[O-].CC(=O)[O-].CCO.[Mg+2]. The van der Waals surface area contributed by atoms with Gasteiger partial charge in [0.2, 0.25) is 0 Å². The van der Waals surface area contributed by atoms with Gasteiger partial charge in [0.25, 0.3) is 0 Å². The number of carboxylic acid groups (broad SMARTS) is 2. The number of aliphatic hydroxyl groups is 1. The molecule has 0 aliphatic rings. The third-order valence-electron chi connectivity index (χ3n) is 0. The Morgan fingerprint density at radius 2 is 1.17 bits per heavy atom. The van der Waals surface area contributed by atoms with Crippen LogP contribution in [0.25, 0.3) is 0 Å². The molecule has 0 saturated heterocycles. The quantitative estimate of drug-likeness (QED) is 0.412. The molecule has 0 bridgehead atoms. The maximum atomic E-state index is 8.89.